The summed E-state index contributed by atoms with van der Waals surface area (Å²) in [5.74, 6) is -0.746. The number of hydrogen-bond donors (Lipinski definition) is 2. The van der Waals surface area contributed by atoms with Gasteiger partial charge in [-0.05, 0) is 54.0 Å². The van der Waals surface area contributed by atoms with Gasteiger partial charge in [0, 0.05) is 23.8 Å². The summed E-state index contributed by atoms with van der Waals surface area (Å²) in [4.78, 5) is 43.7. The number of halogens is 1. The number of benzene rings is 2. The SMILES string of the molecule is CCc1cc(OC)c(NC(=O)OC(C)(C)C)cc1[N+](=O)[O-].COc1cc(F)c([N+](=O)[O-])cc1NC(=O)OC(C)(C)C. The third-order valence-electron chi connectivity index (χ3n) is 4.72. The maximum Gasteiger partial charge on any atom is 0.412 e. The largest absolute Gasteiger partial charge is 0.495 e. The summed E-state index contributed by atoms with van der Waals surface area (Å²) in [6.45, 7) is 12.0. The van der Waals surface area contributed by atoms with Gasteiger partial charge in [0.15, 0.2) is 0 Å². The van der Waals surface area contributed by atoms with E-state index in [0.717, 1.165) is 12.1 Å². The van der Waals surface area contributed by atoms with Crippen molar-refractivity contribution in [3.05, 3.63) is 55.9 Å². The normalized spacial score (nSPS) is 10.9. The molecule has 0 atom stereocenters. The maximum absolute atomic E-state index is 13.4. The van der Waals surface area contributed by atoms with E-state index in [1.807, 2.05) is 6.92 Å². The first-order valence-corrected chi connectivity index (χ1v) is 12.2. The molecule has 41 heavy (non-hydrogen) atoms. The molecule has 0 aromatic heterocycles. The van der Waals surface area contributed by atoms with Crippen LogP contribution in [0.3, 0.4) is 0 Å². The Balaban J connectivity index is 0.000000410. The summed E-state index contributed by atoms with van der Waals surface area (Å²) in [6, 6.07) is 4.52. The van der Waals surface area contributed by atoms with Crippen molar-refractivity contribution >= 4 is 34.9 Å². The van der Waals surface area contributed by atoms with Crippen molar-refractivity contribution in [3.8, 4) is 11.5 Å². The number of nitrogens with one attached hydrogen (secondary N) is 2. The molecule has 2 rings (SSSR count). The fraction of sp³-hybridized carbons (Fsp3) is 0.462. The highest BCUT2D eigenvalue weighted by atomic mass is 19.1. The average molecular weight is 583 g/mol. The Hall–Kier alpha value is -4.69. The molecule has 2 N–H and O–H groups in total. The van der Waals surface area contributed by atoms with Crippen LogP contribution >= 0.6 is 0 Å². The van der Waals surface area contributed by atoms with E-state index in [2.05, 4.69) is 10.6 Å². The molecule has 14 nitrogen and oxygen atoms in total. The number of carbonyl (C=O) groups is 2. The van der Waals surface area contributed by atoms with E-state index in [4.69, 9.17) is 18.9 Å². The van der Waals surface area contributed by atoms with Gasteiger partial charge in [-0.1, -0.05) is 6.92 Å². The summed E-state index contributed by atoms with van der Waals surface area (Å²) in [5, 5.41) is 26.5. The van der Waals surface area contributed by atoms with Crippen LogP contribution in [-0.2, 0) is 15.9 Å². The maximum atomic E-state index is 13.4. The molecule has 0 fully saturated rings. The van der Waals surface area contributed by atoms with Crippen LogP contribution in [0.25, 0.3) is 0 Å². The topological polar surface area (TPSA) is 181 Å². The van der Waals surface area contributed by atoms with E-state index in [1.165, 1.54) is 20.3 Å². The Labute approximate surface area is 236 Å². The predicted molar refractivity (Wildman–Crippen MR) is 148 cm³/mol. The number of carbonyl (C=O) groups excluding carboxylic acids is 2. The molecule has 2 aromatic rings. The highest BCUT2D eigenvalue weighted by molar-refractivity contribution is 5.88. The molecule has 0 spiro atoms. The van der Waals surface area contributed by atoms with Crippen molar-refractivity contribution in [3.63, 3.8) is 0 Å². The zero-order valence-corrected chi connectivity index (χ0v) is 24.4. The Bertz CT molecular complexity index is 1290. The van der Waals surface area contributed by atoms with Crippen LogP contribution in [0, 0.1) is 26.0 Å². The average Bonchev–Trinajstić information content (AvgIpc) is 2.82. The van der Waals surface area contributed by atoms with Gasteiger partial charge < -0.3 is 18.9 Å². The lowest BCUT2D eigenvalue weighted by Gasteiger charge is -2.20. The van der Waals surface area contributed by atoms with E-state index in [-0.39, 0.29) is 22.8 Å². The lowest BCUT2D eigenvalue weighted by Crippen LogP contribution is -2.27. The molecule has 2 amide bonds. The van der Waals surface area contributed by atoms with E-state index in [1.54, 1.807) is 47.6 Å². The minimum absolute atomic E-state index is 0.0426. The van der Waals surface area contributed by atoms with Crippen molar-refractivity contribution in [2.24, 2.45) is 0 Å². The monoisotopic (exact) mass is 582 g/mol. The second-order valence-corrected chi connectivity index (χ2v) is 10.3. The molecular weight excluding hydrogens is 547 g/mol. The predicted octanol–water partition coefficient (Wildman–Crippen LogP) is 6.60. The van der Waals surface area contributed by atoms with E-state index < -0.39 is 44.7 Å². The molecule has 0 saturated heterocycles. The Morgan fingerprint density at radius 2 is 1.17 bits per heavy atom. The number of ether oxygens (including phenoxy) is 4. The van der Waals surface area contributed by atoms with Gasteiger partial charge in [0.2, 0.25) is 5.82 Å². The fourth-order valence-electron chi connectivity index (χ4n) is 3.11. The van der Waals surface area contributed by atoms with Crippen LogP contribution in [0.15, 0.2) is 24.3 Å². The van der Waals surface area contributed by atoms with E-state index in [9.17, 15) is 34.2 Å². The summed E-state index contributed by atoms with van der Waals surface area (Å²) in [6.07, 6.45) is -1.03. The van der Waals surface area contributed by atoms with Crippen LogP contribution in [0.2, 0.25) is 0 Å². The summed E-state index contributed by atoms with van der Waals surface area (Å²) in [7, 11) is 2.68. The smallest absolute Gasteiger partial charge is 0.412 e. The van der Waals surface area contributed by atoms with Crippen LogP contribution in [0.5, 0.6) is 11.5 Å². The highest BCUT2D eigenvalue weighted by Crippen LogP contribution is 2.34. The van der Waals surface area contributed by atoms with Crippen molar-refractivity contribution in [2.75, 3.05) is 24.9 Å². The number of hydrogen-bond acceptors (Lipinski definition) is 10. The lowest BCUT2D eigenvalue weighted by atomic mass is 10.1. The summed E-state index contributed by atoms with van der Waals surface area (Å²) >= 11 is 0. The molecule has 0 aliphatic heterocycles. The van der Waals surface area contributed by atoms with Gasteiger partial charge >= 0.3 is 17.9 Å². The molecule has 226 valence electrons. The molecule has 0 aliphatic carbocycles. The van der Waals surface area contributed by atoms with Gasteiger partial charge in [-0.2, -0.15) is 4.39 Å². The molecule has 0 saturated carbocycles. The van der Waals surface area contributed by atoms with Gasteiger partial charge in [0.1, 0.15) is 22.7 Å². The third kappa shape index (κ3) is 11.1. The molecule has 0 bridgehead atoms. The van der Waals surface area contributed by atoms with Gasteiger partial charge in [-0.25, -0.2) is 9.59 Å². The molecule has 0 heterocycles. The number of methoxy groups -OCH3 is 2. The molecule has 0 unspecified atom stereocenters. The number of nitro groups is 2. The Morgan fingerprint density at radius 1 is 0.780 bits per heavy atom. The van der Waals surface area contributed by atoms with Crippen molar-refractivity contribution < 1.29 is 42.8 Å². The third-order valence-corrected chi connectivity index (χ3v) is 4.72. The molecular formula is C26H35FN4O10. The Kier molecular flexibility index (Phi) is 11.8. The second-order valence-electron chi connectivity index (χ2n) is 10.3. The number of amides is 2. The molecule has 0 aliphatic rings. The highest BCUT2D eigenvalue weighted by Gasteiger charge is 2.23. The number of nitro benzene ring substituents is 2. The minimum atomic E-state index is -1.05. The minimum Gasteiger partial charge on any atom is -0.495 e. The molecule has 0 radical (unpaired) electrons. The first-order chi connectivity index (χ1) is 18.8. The quantitative estimate of drug-likeness (QED) is 0.266. The number of rotatable bonds is 7. The first-order valence-electron chi connectivity index (χ1n) is 12.2. The van der Waals surface area contributed by atoms with E-state index >= 15 is 0 Å². The van der Waals surface area contributed by atoms with E-state index in [0.29, 0.717) is 17.7 Å². The number of nitrogens with zero attached hydrogens (tertiary/aromatic N) is 2. The molecule has 2 aromatic carbocycles. The van der Waals surface area contributed by atoms with Crippen molar-refractivity contribution in [1.82, 2.24) is 0 Å². The van der Waals surface area contributed by atoms with Gasteiger partial charge in [-0.15, -0.1) is 0 Å². The van der Waals surface area contributed by atoms with Gasteiger partial charge in [0.25, 0.3) is 5.69 Å². The van der Waals surface area contributed by atoms with Crippen LogP contribution in [-0.4, -0.2) is 47.5 Å². The fourth-order valence-corrected chi connectivity index (χ4v) is 3.11. The zero-order chi connectivity index (χ0) is 31.7. The second kappa shape index (κ2) is 14.1. The standard InChI is InChI=1S/C14H20N2O5.C12H15FN2O5/c1-6-9-7-12(20-5)10(8-11(9)16(18)19)15-13(17)21-14(2,3)4;1-12(2,3)20-11(16)14-8-6-9(15(17)18)7(13)5-10(8)19-4/h7-8H,6H2,1-5H3,(H,15,17);5-6H,1-4H3,(H,14,16). The summed E-state index contributed by atoms with van der Waals surface area (Å²) < 4.78 is 33.6. The number of aryl methyl sites for hydroxylation is 1. The van der Waals surface area contributed by atoms with Crippen molar-refractivity contribution in [1.29, 1.82) is 0 Å². The Morgan fingerprint density at radius 3 is 1.51 bits per heavy atom. The summed E-state index contributed by atoms with van der Waals surface area (Å²) in [5.41, 5.74) is -1.53. The van der Waals surface area contributed by atoms with Gasteiger partial charge in [0.05, 0.1) is 35.4 Å². The molecule has 15 heteroatoms. The van der Waals surface area contributed by atoms with Crippen LogP contribution in [0.1, 0.15) is 54.0 Å². The van der Waals surface area contributed by atoms with Gasteiger partial charge in [-0.3, -0.25) is 30.9 Å². The van der Waals surface area contributed by atoms with Crippen molar-refractivity contribution in [2.45, 2.75) is 66.1 Å². The van der Waals surface area contributed by atoms with Crippen LogP contribution in [0.4, 0.5) is 36.7 Å². The lowest BCUT2D eigenvalue weighted by molar-refractivity contribution is -0.387. The number of anilines is 2. The zero-order valence-electron chi connectivity index (χ0n) is 24.4. The van der Waals surface area contributed by atoms with Crippen LogP contribution < -0.4 is 20.1 Å². The first kappa shape index (κ1) is 34.3.